The summed E-state index contributed by atoms with van der Waals surface area (Å²) in [6, 6.07) is 4.40. The number of benzene rings is 1. The Morgan fingerprint density at radius 3 is 2.84 bits per heavy atom. The van der Waals surface area contributed by atoms with Gasteiger partial charge in [-0.1, -0.05) is 6.07 Å². The zero-order valence-corrected chi connectivity index (χ0v) is 10.5. The summed E-state index contributed by atoms with van der Waals surface area (Å²) in [7, 11) is 0. The lowest BCUT2D eigenvalue weighted by Crippen LogP contribution is -1.97. The molecule has 2 rings (SSSR count). The van der Waals surface area contributed by atoms with Crippen LogP contribution in [0.1, 0.15) is 15.9 Å². The molecule has 0 aliphatic carbocycles. The Morgan fingerprint density at radius 2 is 2.26 bits per heavy atom. The molecule has 0 saturated heterocycles. The van der Waals surface area contributed by atoms with Crippen LogP contribution in [0, 0.1) is 17.0 Å². The highest BCUT2D eigenvalue weighted by Gasteiger charge is 2.14. The smallest absolute Gasteiger partial charge is 0.347 e. The molecule has 98 valence electrons. The number of nitrogens with zero attached hydrogens (tertiary/aromatic N) is 2. The zero-order chi connectivity index (χ0) is 14.0. The van der Waals surface area contributed by atoms with Crippen LogP contribution in [0.4, 0.5) is 5.00 Å². The second-order valence-corrected chi connectivity index (χ2v) is 4.58. The standard InChI is InChI=1S/C11H8N2O5S/c1-6-2-3-7(10(14)15)4-8(6)18-11-12-5-9(19-11)13(16)17/h2-5H,1H3,(H,14,15). The molecule has 0 bridgehead atoms. The number of aromatic nitrogens is 1. The van der Waals surface area contributed by atoms with Gasteiger partial charge in [0.05, 0.1) is 10.5 Å². The number of thiazole rings is 1. The summed E-state index contributed by atoms with van der Waals surface area (Å²) in [6.45, 7) is 1.74. The third kappa shape index (κ3) is 2.86. The first-order valence-corrected chi connectivity index (χ1v) is 5.91. The van der Waals surface area contributed by atoms with Crippen LogP contribution in [0.5, 0.6) is 10.9 Å². The summed E-state index contributed by atoms with van der Waals surface area (Å²) in [4.78, 5) is 24.6. The molecule has 0 aliphatic heterocycles. The topological polar surface area (TPSA) is 103 Å². The maximum absolute atomic E-state index is 10.9. The molecule has 0 spiro atoms. The largest absolute Gasteiger partial charge is 0.478 e. The molecule has 8 heteroatoms. The molecule has 7 nitrogen and oxygen atoms in total. The molecule has 0 fully saturated rings. The predicted octanol–water partition coefficient (Wildman–Crippen LogP) is 2.85. The number of carbonyl (C=O) groups is 1. The molecule has 2 aromatic rings. The Bertz CT molecular complexity index is 652. The molecule has 1 aromatic carbocycles. The number of carboxylic acid groups (broad SMARTS) is 1. The Hall–Kier alpha value is -2.48. The first-order chi connectivity index (χ1) is 8.97. The SMILES string of the molecule is Cc1ccc(C(=O)O)cc1Oc1ncc([N+](=O)[O-])s1. The maximum Gasteiger partial charge on any atom is 0.347 e. The molecule has 19 heavy (non-hydrogen) atoms. The minimum Gasteiger partial charge on any atom is -0.478 e. The number of aryl methyl sites for hydroxylation is 1. The summed E-state index contributed by atoms with van der Waals surface area (Å²) in [5.41, 5.74) is 0.787. The maximum atomic E-state index is 10.9. The summed E-state index contributed by atoms with van der Waals surface area (Å²) >= 11 is 0.779. The molecular formula is C11H8N2O5S. The van der Waals surface area contributed by atoms with Crippen LogP contribution in [-0.4, -0.2) is 21.0 Å². The Balaban J connectivity index is 2.29. The minimum absolute atomic E-state index is 0.0756. The van der Waals surface area contributed by atoms with E-state index in [0.29, 0.717) is 11.3 Å². The average molecular weight is 280 g/mol. The molecule has 1 heterocycles. The lowest BCUT2D eigenvalue weighted by molar-refractivity contribution is -0.380. The number of hydrogen-bond donors (Lipinski definition) is 1. The fraction of sp³-hybridized carbons (Fsp3) is 0.0909. The summed E-state index contributed by atoms with van der Waals surface area (Å²) in [5, 5.41) is 19.4. The van der Waals surface area contributed by atoms with Crippen LogP contribution in [0.3, 0.4) is 0 Å². The van der Waals surface area contributed by atoms with Crippen LogP contribution in [0.15, 0.2) is 24.4 Å². The van der Waals surface area contributed by atoms with Gasteiger partial charge in [-0.05, 0) is 36.0 Å². The van der Waals surface area contributed by atoms with Crippen molar-refractivity contribution in [2.45, 2.75) is 6.92 Å². The van der Waals surface area contributed by atoms with Crippen LogP contribution in [0.25, 0.3) is 0 Å². The number of rotatable bonds is 4. The third-order valence-electron chi connectivity index (χ3n) is 2.28. The monoisotopic (exact) mass is 280 g/mol. The van der Waals surface area contributed by atoms with Gasteiger partial charge in [0, 0.05) is 0 Å². The Labute approximate surface area is 111 Å². The first-order valence-electron chi connectivity index (χ1n) is 5.09. The number of hydrogen-bond acceptors (Lipinski definition) is 6. The van der Waals surface area contributed by atoms with E-state index in [1.165, 1.54) is 12.1 Å². The molecule has 1 N–H and O–H groups in total. The van der Waals surface area contributed by atoms with Crippen molar-refractivity contribution in [2.24, 2.45) is 0 Å². The first kappa shape index (κ1) is 13.0. The Morgan fingerprint density at radius 1 is 1.53 bits per heavy atom. The van der Waals surface area contributed by atoms with E-state index in [4.69, 9.17) is 9.84 Å². The zero-order valence-electron chi connectivity index (χ0n) is 9.69. The lowest BCUT2D eigenvalue weighted by Gasteiger charge is -2.06. The predicted molar refractivity (Wildman–Crippen MR) is 67.0 cm³/mol. The van der Waals surface area contributed by atoms with Crippen molar-refractivity contribution in [1.82, 2.24) is 4.98 Å². The van der Waals surface area contributed by atoms with Gasteiger partial charge in [0.2, 0.25) is 0 Å². The van der Waals surface area contributed by atoms with Crippen molar-refractivity contribution in [3.05, 3.63) is 45.6 Å². The Kier molecular flexibility index (Phi) is 3.43. The van der Waals surface area contributed by atoms with Crippen LogP contribution < -0.4 is 4.74 Å². The molecule has 0 unspecified atom stereocenters. The molecular weight excluding hydrogens is 272 g/mol. The third-order valence-corrected chi connectivity index (χ3v) is 3.11. The van der Waals surface area contributed by atoms with Crippen molar-refractivity contribution >= 4 is 22.3 Å². The summed E-state index contributed by atoms with van der Waals surface area (Å²) in [5.74, 6) is -0.765. The van der Waals surface area contributed by atoms with Gasteiger partial charge < -0.3 is 9.84 Å². The summed E-state index contributed by atoms with van der Waals surface area (Å²) in [6.07, 6.45) is 1.09. The number of nitro groups is 1. The quantitative estimate of drug-likeness (QED) is 0.682. The van der Waals surface area contributed by atoms with E-state index in [9.17, 15) is 14.9 Å². The van der Waals surface area contributed by atoms with Gasteiger partial charge in [0.1, 0.15) is 11.9 Å². The second kappa shape index (κ2) is 5.02. The normalized spacial score (nSPS) is 10.2. The van der Waals surface area contributed by atoms with E-state index in [1.54, 1.807) is 13.0 Å². The van der Waals surface area contributed by atoms with E-state index < -0.39 is 10.9 Å². The molecule has 1 aromatic heterocycles. The average Bonchev–Trinajstić information content (AvgIpc) is 2.80. The fourth-order valence-corrected chi connectivity index (χ4v) is 1.91. The summed E-state index contributed by atoms with van der Waals surface area (Å²) < 4.78 is 5.37. The highest BCUT2D eigenvalue weighted by atomic mass is 32.1. The van der Waals surface area contributed by atoms with E-state index >= 15 is 0 Å². The van der Waals surface area contributed by atoms with Gasteiger partial charge in [0.15, 0.2) is 0 Å². The van der Waals surface area contributed by atoms with Gasteiger partial charge in [0.25, 0.3) is 5.19 Å². The van der Waals surface area contributed by atoms with Crippen molar-refractivity contribution in [3.8, 4) is 10.9 Å². The molecule has 0 amide bonds. The van der Waals surface area contributed by atoms with Crippen LogP contribution in [-0.2, 0) is 0 Å². The van der Waals surface area contributed by atoms with E-state index in [2.05, 4.69) is 4.98 Å². The van der Waals surface area contributed by atoms with Crippen LogP contribution in [0.2, 0.25) is 0 Å². The van der Waals surface area contributed by atoms with Gasteiger partial charge in [-0.15, -0.1) is 0 Å². The van der Waals surface area contributed by atoms with Crippen molar-refractivity contribution in [2.75, 3.05) is 0 Å². The second-order valence-electron chi connectivity index (χ2n) is 3.61. The van der Waals surface area contributed by atoms with Crippen molar-refractivity contribution in [3.63, 3.8) is 0 Å². The minimum atomic E-state index is -1.07. The van der Waals surface area contributed by atoms with Gasteiger partial charge in [-0.25, -0.2) is 9.78 Å². The van der Waals surface area contributed by atoms with E-state index in [1.807, 2.05) is 0 Å². The number of ether oxygens (including phenoxy) is 1. The highest BCUT2D eigenvalue weighted by Crippen LogP contribution is 2.32. The molecule has 0 aliphatic rings. The van der Waals surface area contributed by atoms with Gasteiger partial charge in [-0.3, -0.25) is 10.1 Å². The molecule has 0 radical (unpaired) electrons. The van der Waals surface area contributed by atoms with Crippen molar-refractivity contribution in [1.29, 1.82) is 0 Å². The van der Waals surface area contributed by atoms with Gasteiger partial charge >= 0.3 is 11.0 Å². The molecule has 0 atom stereocenters. The van der Waals surface area contributed by atoms with Crippen molar-refractivity contribution < 1.29 is 19.6 Å². The van der Waals surface area contributed by atoms with Crippen LogP contribution >= 0.6 is 11.3 Å². The lowest BCUT2D eigenvalue weighted by atomic mass is 10.1. The van der Waals surface area contributed by atoms with E-state index in [-0.39, 0.29) is 15.8 Å². The van der Waals surface area contributed by atoms with E-state index in [0.717, 1.165) is 17.5 Å². The fourth-order valence-electron chi connectivity index (χ4n) is 1.32. The molecule has 0 saturated carbocycles. The highest BCUT2D eigenvalue weighted by molar-refractivity contribution is 7.16. The number of carboxylic acids is 1. The van der Waals surface area contributed by atoms with Gasteiger partial charge in [-0.2, -0.15) is 0 Å². The number of aromatic carboxylic acids is 1.